The fourth-order valence-electron chi connectivity index (χ4n) is 2.89. The summed E-state index contributed by atoms with van der Waals surface area (Å²) in [4.78, 5) is 18.6. The van der Waals surface area contributed by atoms with E-state index in [1.807, 2.05) is 18.2 Å². The quantitative estimate of drug-likeness (QED) is 0.588. The van der Waals surface area contributed by atoms with Gasteiger partial charge in [-0.3, -0.25) is 4.79 Å². The van der Waals surface area contributed by atoms with Gasteiger partial charge in [-0.25, -0.2) is 4.99 Å². The van der Waals surface area contributed by atoms with Gasteiger partial charge >= 0.3 is 0 Å². The average Bonchev–Trinajstić information content (AvgIpc) is 2.65. The van der Waals surface area contributed by atoms with Crippen molar-refractivity contribution < 1.29 is 9.53 Å². The number of carbonyl (C=O) groups is 1. The van der Waals surface area contributed by atoms with Crippen LogP contribution in [0.2, 0.25) is 0 Å². The Bertz CT molecular complexity index is 636. The molecule has 6 nitrogen and oxygen atoms in total. The largest absolute Gasteiger partial charge is 0.495 e. The van der Waals surface area contributed by atoms with Crippen molar-refractivity contribution in [1.29, 1.82) is 0 Å². The molecule has 0 spiro atoms. The standard InChI is InChI=1S/C19H30N4O2S/c1-5-16-13-23(9-10-26-16)19(20-6-2)21-12-15-7-8-18(25-4)17(11-15)22-14(3)24/h7-8,11,16H,5-6,9-10,12-13H2,1-4H3,(H,20,21)(H,22,24). The van der Waals surface area contributed by atoms with E-state index in [0.717, 1.165) is 36.9 Å². The zero-order chi connectivity index (χ0) is 18.9. The Morgan fingerprint density at radius 2 is 2.23 bits per heavy atom. The van der Waals surface area contributed by atoms with Crippen LogP contribution in [0.4, 0.5) is 5.69 Å². The van der Waals surface area contributed by atoms with Gasteiger partial charge in [-0.05, 0) is 31.0 Å². The summed E-state index contributed by atoms with van der Waals surface area (Å²) in [5.41, 5.74) is 1.71. The highest BCUT2D eigenvalue weighted by molar-refractivity contribution is 8.00. The number of ether oxygens (including phenoxy) is 1. The maximum Gasteiger partial charge on any atom is 0.221 e. The molecule has 144 valence electrons. The molecule has 26 heavy (non-hydrogen) atoms. The Balaban J connectivity index is 2.14. The first-order chi connectivity index (χ1) is 12.6. The molecular formula is C19H30N4O2S. The van der Waals surface area contributed by atoms with Crippen LogP contribution in [0.1, 0.15) is 32.8 Å². The zero-order valence-electron chi connectivity index (χ0n) is 16.2. The number of anilines is 1. The minimum atomic E-state index is -0.117. The number of nitrogens with one attached hydrogen (secondary N) is 2. The van der Waals surface area contributed by atoms with E-state index in [2.05, 4.69) is 41.1 Å². The molecule has 1 amide bonds. The Kier molecular flexibility index (Phi) is 8.09. The highest BCUT2D eigenvalue weighted by Crippen LogP contribution is 2.26. The molecule has 1 aliphatic heterocycles. The molecule has 0 aromatic heterocycles. The van der Waals surface area contributed by atoms with Gasteiger partial charge in [-0.2, -0.15) is 11.8 Å². The van der Waals surface area contributed by atoms with Crippen molar-refractivity contribution in [2.24, 2.45) is 4.99 Å². The van der Waals surface area contributed by atoms with Crippen LogP contribution in [0.25, 0.3) is 0 Å². The van der Waals surface area contributed by atoms with Crippen molar-refractivity contribution in [2.45, 2.75) is 39.0 Å². The smallest absolute Gasteiger partial charge is 0.221 e. The molecule has 0 aliphatic carbocycles. The number of hydrogen-bond donors (Lipinski definition) is 2. The van der Waals surface area contributed by atoms with Crippen LogP contribution < -0.4 is 15.4 Å². The Morgan fingerprint density at radius 3 is 2.88 bits per heavy atom. The molecule has 1 atom stereocenters. The summed E-state index contributed by atoms with van der Waals surface area (Å²) in [6, 6.07) is 5.78. The van der Waals surface area contributed by atoms with Gasteiger partial charge in [0.15, 0.2) is 5.96 Å². The van der Waals surface area contributed by atoms with Crippen molar-refractivity contribution in [1.82, 2.24) is 10.2 Å². The number of guanidine groups is 1. The van der Waals surface area contributed by atoms with E-state index in [-0.39, 0.29) is 5.91 Å². The molecule has 2 rings (SSSR count). The number of rotatable bonds is 6. The molecule has 0 radical (unpaired) electrons. The molecule has 1 saturated heterocycles. The van der Waals surface area contributed by atoms with Crippen LogP contribution >= 0.6 is 11.8 Å². The number of nitrogens with zero attached hydrogens (tertiary/aromatic N) is 2. The summed E-state index contributed by atoms with van der Waals surface area (Å²) in [6.45, 7) is 9.28. The van der Waals surface area contributed by atoms with E-state index < -0.39 is 0 Å². The molecule has 1 aromatic carbocycles. The van der Waals surface area contributed by atoms with Crippen molar-refractivity contribution in [3.05, 3.63) is 23.8 Å². The maximum absolute atomic E-state index is 11.4. The third kappa shape index (κ3) is 5.83. The highest BCUT2D eigenvalue weighted by Gasteiger charge is 2.21. The second kappa shape index (κ2) is 10.3. The molecule has 0 bridgehead atoms. The first kappa shape index (κ1) is 20.4. The van der Waals surface area contributed by atoms with E-state index in [1.165, 1.54) is 13.3 Å². The predicted octanol–water partition coefficient (Wildman–Crippen LogP) is 2.95. The maximum atomic E-state index is 11.4. The molecule has 1 aromatic rings. The minimum Gasteiger partial charge on any atom is -0.495 e. The van der Waals surface area contributed by atoms with Crippen molar-refractivity contribution >= 4 is 29.3 Å². The number of hydrogen-bond acceptors (Lipinski definition) is 4. The number of amides is 1. The molecule has 1 heterocycles. The first-order valence-corrected chi connectivity index (χ1v) is 10.2. The average molecular weight is 379 g/mol. The van der Waals surface area contributed by atoms with Gasteiger partial charge in [-0.1, -0.05) is 13.0 Å². The van der Waals surface area contributed by atoms with Crippen LogP contribution in [0, 0.1) is 0 Å². The van der Waals surface area contributed by atoms with Crippen LogP contribution in [0.15, 0.2) is 23.2 Å². The lowest BCUT2D eigenvalue weighted by Gasteiger charge is -2.34. The summed E-state index contributed by atoms with van der Waals surface area (Å²) < 4.78 is 5.31. The Labute approximate surface area is 160 Å². The van der Waals surface area contributed by atoms with E-state index in [1.54, 1.807) is 7.11 Å². The fourth-order valence-corrected chi connectivity index (χ4v) is 4.07. The van der Waals surface area contributed by atoms with Crippen LogP contribution in [0.3, 0.4) is 0 Å². The second-order valence-corrected chi connectivity index (χ2v) is 7.64. The van der Waals surface area contributed by atoms with Crippen molar-refractivity contribution in [2.75, 3.05) is 37.8 Å². The van der Waals surface area contributed by atoms with Crippen molar-refractivity contribution in [3.8, 4) is 5.75 Å². The summed E-state index contributed by atoms with van der Waals surface area (Å²) in [5, 5.41) is 6.89. The second-order valence-electron chi connectivity index (χ2n) is 6.23. The van der Waals surface area contributed by atoms with Gasteiger partial charge in [-0.15, -0.1) is 0 Å². The van der Waals surface area contributed by atoms with E-state index in [9.17, 15) is 4.79 Å². The Hall–Kier alpha value is -1.89. The van der Waals surface area contributed by atoms with Gasteiger partial charge in [0.25, 0.3) is 0 Å². The van der Waals surface area contributed by atoms with E-state index in [4.69, 9.17) is 9.73 Å². The van der Waals surface area contributed by atoms with Gasteiger partial charge < -0.3 is 20.3 Å². The summed E-state index contributed by atoms with van der Waals surface area (Å²) in [7, 11) is 1.60. The fraction of sp³-hybridized carbons (Fsp3) is 0.579. The molecule has 1 unspecified atom stereocenters. The van der Waals surface area contributed by atoms with E-state index in [0.29, 0.717) is 23.2 Å². The molecule has 7 heteroatoms. The number of thioether (sulfide) groups is 1. The highest BCUT2D eigenvalue weighted by atomic mass is 32.2. The molecule has 2 N–H and O–H groups in total. The normalized spacial score (nSPS) is 17.8. The molecule has 1 aliphatic rings. The predicted molar refractivity (Wildman–Crippen MR) is 110 cm³/mol. The third-order valence-corrected chi connectivity index (χ3v) is 5.59. The van der Waals surface area contributed by atoms with Crippen LogP contribution in [0.5, 0.6) is 5.75 Å². The van der Waals surface area contributed by atoms with Crippen LogP contribution in [-0.2, 0) is 11.3 Å². The lowest BCUT2D eigenvalue weighted by molar-refractivity contribution is -0.114. The number of benzene rings is 1. The lowest BCUT2D eigenvalue weighted by Crippen LogP contribution is -2.48. The van der Waals surface area contributed by atoms with Crippen molar-refractivity contribution in [3.63, 3.8) is 0 Å². The summed E-state index contributed by atoms with van der Waals surface area (Å²) in [6.07, 6.45) is 1.18. The zero-order valence-corrected chi connectivity index (χ0v) is 17.0. The monoisotopic (exact) mass is 378 g/mol. The van der Waals surface area contributed by atoms with Gasteiger partial charge in [0.1, 0.15) is 5.75 Å². The van der Waals surface area contributed by atoms with Gasteiger partial charge in [0.2, 0.25) is 5.91 Å². The minimum absolute atomic E-state index is 0.117. The molecule has 1 fully saturated rings. The lowest BCUT2D eigenvalue weighted by atomic mass is 10.2. The summed E-state index contributed by atoms with van der Waals surface area (Å²) in [5.74, 6) is 2.63. The van der Waals surface area contributed by atoms with E-state index >= 15 is 0 Å². The molecule has 0 saturated carbocycles. The Morgan fingerprint density at radius 1 is 1.42 bits per heavy atom. The first-order valence-electron chi connectivity index (χ1n) is 9.16. The van der Waals surface area contributed by atoms with Crippen LogP contribution in [-0.4, -0.2) is 54.5 Å². The number of aliphatic imine (C=N–C) groups is 1. The third-order valence-electron chi connectivity index (χ3n) is 4.21. The summed E-state index contributed by atoms with van der Waals surface area (Å²) >= 11 is 2.05. The molecular weight excluding hydrogens is 348 g/mol. The van der Waals surface area contributed by atoms with Gasteiger partial charge in [0.05, 0.1) is 19.3 Å². The number of methoxy groups -OCH3 is 1. The topological polar surface area (TPSA) is 66.0 Å². The number of carbonyl (C=O) groups excluding carboxylic acids is 1. The SMILES string of the molecule is CCNC(=NCc1ccc(OC)c(NC(C)=O)c1)N1CCSC(CC)C1. The van der Waals surface area contributed by atoms with Gasteiger partial charge in [0, 0.05) is 37.6 Å².